The van der Waals surface area contributed by atoms with Crippen molar-refractivity contribution in [2.24, 2.45) is 5.92 Å². The van der Waals surface area contributed by atoms with Crippen LogP contribution in [-0.2, 0) is 4.74 Å². The second-order valence-corrected chi connectivity index (χ2v) is 5.17. The second-order valence-electron chi connectivity index (χ2n) is 5.17. The van der Waals surface area contributed by atoms with Crippen molar-refractivity contribution in [3.63, 3.8) is 0 Å². The fourth-order valence-corrected chi connectivity index (χ4v) is 2.46. The van der Waals surface area contributed by atoms with Crippen LogP contribution in [0.2, 0.25) is 0 Å². The normalized spacial score (nSPS) is 19.5. The van der Waals surface area contributed by atoms with Gasteiger partial charge in [0.1, 0.15) is 0 Å². The number of hydrogen-bond acceptors (Lipinski definition) is 2. The molecule has 0 aromatic heterocycles. The predicted octanol–water partition coefficient (Wildman–Crippen LogP) is 2.76. The van der Waals surface area contributed by atoms with Gasteiger partial charge in [0.2, 0.25) is 0 Å². The Morgan fingerprint density at radius 3 is 2.35 bits per heavy atom. The van der Waals surface area contributed by atoms with E-state index in [-0.39, 0.29) is 0 Å². The second kappa shape index (κ2) is 6.18. The molecule has 1 aliphatic rings. The number of hydrogen-bond donors (Lipinski definition) is 0. The Morgan fingerprint density at radius 1 is 1.12 bits per heavy atom. The van der Waals surface area contributed by atoms with E-state index in [1.54, 1.807) is 0 Å². The minimum Gasteiger partial charge on any atom is -0.379 e. The zero-order chi connectivity index (χ0) is 12.1. The molecule has 2 nitrogen and oxygen atoms in total. The molecule has 0 bridgehead atoms. The van der Waals surface area contributed by atoms with Crippen molar-refractivity contribution in [3.05, 3.63) is 35.9 Å². The van der Waals surface area contributed by atoms with Crippen molar-refractivity contribution in [2.45, 2.75) is 19.8 Å². The molecule has 0 saturated carbocycles. The van der Waals surface area contributed by atoms with Crippen molar-refractivity contribution in [3.8, 4) is 0 Å². The maximum atomic E-state index is 5.41. The van der Waals surface area contributed by atoms with Gasteiger partial charge in [0.05, 0.1) is 13.2 Å². The number of rotatable bonds is 4. The Labute approximate surface area is 105 Å². The lowest BCUT2D eigenvalue weighted by Crippen LogP contribution is -2.39. The van der Waals surface area contributed by atoms with Gasteiger partial charge < -0.3 is 4.74 Å². The van der Waals surface area contributed by atoms with Gasteiger partial charge in [-0.1, -0.05) is 44.2 Å². The monoisotopic (exact) mass is 233 g/mol. The zero-order valence-electron chi connectivity index (χ0n) is 10.9. The molecule has 0 radical (unpaired) electrons. The molecule has 1 aromatic carbocycles. The number of benzene rings is 1. The highest BCUT2D eigenvalue weighted by atomic mass is 16.5. The molecule has 1 fully saturated rings. The summed E-state index contributed by atoms with van der Waals surface area (Å²) in [5, 5.41) is 0. The van der Waals surface area contributed by atoms with Crippen molar-refractivity contribution >= 4 is 0 Å². The minimum atomic E-state index is 0.634. The Balaban J connectivity index is 2.02. The maximum Gasteiger partial charge on any atom is 0.0594 e. The first kappa shape index (κ1) is 12.6. The summed E-state index contributed by atoms with van der Waals surface area (Å²) in [6.07, 6.45) is 0. The molecule has 2 heteroatoms. The van der Waals surface area contributed by atoms with Crippen molar-refractivity contribution in [1.29, 1.82) is 0 Å². The number of nitrogens with zero attached hydrogens (tertiary/aromatic N) is 1. The van der Waals surface area contributed by atoms with Gasteiger partial charge in [-0.3, -0.25) is 4.90 Å². The van der Waals surface area contributed by atoms with Crippen LogP contribution in [0, 0.1) is 5.92 Å². The smallest absolute Gasteiger partial charge is 0.0594 e. The first-order valence-electron chi connectivity index (χ1n) is 6.62. The topological polar surface area (TPSA) is 12.5 Å². The van der Waals surface area contributed by atoms with Crippen LogP contribution in [0.3, 0.4) is 0 Å². The Hall–Kier alpha value is -0.860. The third-order valence-corrected chi connectivity index (χ3v) is 3.59. The van der Waals surface area contributed by atoms with Gasteiger partial charge in [0, 0.05) is 19.6 Å². The zero-order valence-corrected chi connectivity index (χ0v) is 10.9. The van der Waals surface area contributed by atoms with Crippen molar-refractivity contribution < 1.29 is 4.74 Å². The van der Waals surface area contributed by atoms with E-state index in [1.807, 2.05) is 0 Å². The lowest BCUT2D eigenvalue weighted by atomic mass is 9.88. The van der Waals surface area contributed by atoms with E-state index in [4.69, 9.17) is 4.74 Å². The molecule has 17 heavy (non-hydrogen) atoms. The molecule has 1 unspecified atom stereocenters. The van der Waals surface area contributed by atoms with Crippen LogP contribution < -0.4 is 0 Å². The summed E-state index contributed by atoms with van der Waals surface area (Å²) in [5.41, 5.74) is 1.47. The van der Waals surface area contributed by atoms with Gasteiger partial charge in [-0.25, -0.2) is 0 Å². The van der Waals surface area contributed by atoms with Crippen LogP contribution in [0.5, 0.6) is 0 Å². The average Bonchev–Trinajstić information content (AvgIpc) is 2.38. The highest BCUT2D eigenvalue weighted by Crippen LogP contribution is 2.25. The molecule has 0 amide bonds. The molecule has 1 atom stereocenters. The first-order valence-corrected chi connectivity index (χ1v) is 6.62. The molecular weight excluding hydrogens is 210 g/mol. The Bertz CT molecular complexity index is 317. The van der Waals surface area contributed by atoms with E-state index in [1.165, 1.54) is 5.56 Å². The quantitative estimate of drug-likeness (QED) is 0.793. The Morgan fingerprint density at radius 2 is 1.76 bits per heavy atom. The summed E-state index contributed by atoms with van der Waals surface area (Å²) in [5.74, 6) is 1.31. The van der Waals surface area contributed by atoms with Gasteiger partial charge in [-0.05, 0) is 17.4 Å². The molecule has 0 N–H and O–H groups in total. The van der Waals surface area contributed by atoms with Gasteiger partial charge in [0.25, 0.3) is 0 Å². The SMILES string of the molecule is CC(C)C(CN1CCOCC1)c1ccccc1. The first-order chi connectivity index (χ1) is 8.27. The van der Waals surface area contributed by atoms with Gasteiger partial charge in [0.15, 0.2) is 0 Å². The van der Waals surface area contributed by atoms with Crippen LogP contribution in [0.25, 0.3) is 0 Å². The number of morpholine rings is 1. The van der Waals surface area contributed by atoms with Gasteiger partial charge in [-0.2, -0.15) is 0 Å². The molecule has 94 valence electrons. The van der Waals surface area contributed by atoms with Crippen LogP contribution in [0.4, 0.5) is 0 Å². The lowest BCUT2D eigenvalue weighted by Gasteiger charge is -2.32. The van der Waals surface area contributed by atoms with E-state index in [0.717, 1.165) is 32.8 Å². The van der Waals surface area contributed by atoms with E-state index in [9.17, 15) is 0 Å². The minimum absolute atomic E-state index is 0.634. The van der Waals surface area contributed by atoms with E-state index in [0.29, 0.717) is 11.8 Å². The summed E-state index contributed by atoms with van der Waals surface area (Å²) in [4.78, 5) is 2.53. The molecule has 0 aliphatic carbocycles. The van der Waals surface area contributed by atoms with Crippen molar-refractivity contribution in [2.75, 3.05) is 32.8 Å². The predicted molar refractivity (Wildman–Crippen MR) is 71.3 cm³/mol. The van der Waals surface area contributed by atoms with Crippen LogP contribution in [0.1, 0.15) is 25.3 Å². The van der Waals surface area contributed by atoms with Crippen molar-refractivity contribution in [1.82, 2.24) is 4.90 Å². The summed E-state index contributed by atoms with van der Waals surface area (Å²) >= 11 is 0. The van der Waals surface area contributed by atoms with Crippen LogP contribution >= 0.6 is 0 Å². The van der Waals surface area contributed by atoms with Crippen LogP contribution in [-0.4, -0.2) is 37.7 Å². The van der Waals surface area contributed by atoms with E-state index >= 15 is 0 Å². The molecule has 0 spiro atoms. The summed E-state index contributed by atoms with van der Waals surface area (Å²) in [6.45, 7) is 9.73. The molecule has 1 aliphatic heterocycles. The molecule has 1 heterocycles. The summed E-state index contributed by atoms with van der Waals surface area (Å²) < 4.78 is 5.41. The number of ether oxygens (including phenoxy) is 1. The Kier molecular flexibility index (Phi) is 4.57. The third kappa shape index (κ3) is 3.55. The van der Waals surface area contributed by atoms with Crippen LogP contribution in [0.15, 0.2) is 30.3 Å². The summed E-state index contributed by atoms with van der Waals surface area (Å²) in [6, 6.07) is 10.9. The van der Waals surface area contributed by atoms with Gasteiger partial charge >= 0.3 is 0 Å². The lowest BCUT2D eigenvalue weighted by molar-refractivity contribution is 0.0329. The molecular formula is C15H23NO. The highest BCUT2D eigenvalue weighted by Gasteiger charge is 2.20. The maximum absolute atomic E-state index is 5.41. The standard InChI is InChI=1S/C15H23NO/c1-13(2)15(14-6-4-3-5-7-14)12-16-8-10-17-11-9-16/h3-7,13,15H,8-12H2,1-2H3. The average molecular weight is 233 g/mol. The molecule has 1 saturated heterocycles. The highest BCUT2D eigenvalue weighted by molar-refractivity contribution is 5.20. The fraction of sp³-hybridized carbons (Fsp3) is 0.600. The van der Waals surface area contributed by atoms with E-state index < -0.39 is 0 Å². The third-order valence-electron chi connectivity index (χ3n) is 3.59. The van der Waals surface area contributed by atoms with E-state index in [2.05, 4.69) is 49.1 Å². The van der Waals surface area contributed by atoms with Gasteiger partial charge in [-0.15, -0.1) is 0 Å². The summed E-state index contributed by atoms with van der Waals surface area (Å²) in [7, 11) is 0. The fourth-order valence-electron chi connectivity index (χ4n) is 2.46. The molecule has 1 aromatic rings. The largest absolute Gasteiger partial charge is 0.379 e. The molecule has 2 rings (SSSR count).